The lowest BCUT2D eigenvalue weighted by Gasteiger charge is -2.32. The number of nitrogens with one attached hydrogen (secondary N) is 4. The molecule has 0 heterocycles. The van der Waals surface area contributed by atoms with Gasteiger partial charge < -0.3 is 20.7 Å². The number of carbonyl (C=O) groups is 1. The summed E-state index contributed by atoms with van der Waals surface area (Å²) < 4.78 is 30.8. The number of hydrogen-bond donors (Lipinski definition) is 4. The highest BCUT2D eigenvalue weighted by Crippen LogP contribution is 2.19. The van der Waals surface area contributed by atoms with E-state index in [2.05, 4.69) is 25.7 Å². The maximum Gasteiger partial charge on any atom is 0.407 e. The van der Waals surface area contributed by atoms with Gasteiger partial charge in [-0.2, -0.15) is 0 Å². The first kappa shape index (κ1) is 24.5. The number of amides is 1. The van der Waals surface area contributed by atoms with Gasteiger partial charge in [-0.15, -0.1) is 0 Å². The fourth-order valence-electron chi connectivity index (χ4n) is 3.09. The van der Waals surface area contributed by atoms with Crippen molar-refractivity contribution in [2.75, 3.05) is 19.8 Å². The van der Waals surface area contributed by atoms with Crippen molar-refractivity contribution in [2.24, 2.45) is 4.99 Å². The summed E-state index contributed by atoms with van der Waals surface area (Å²) in [6.45, 7) is 9.55. The van der Waals surface area contributed by atoms with E-state index in [1.807, 2.05) is 34.6 Å². The fourth-order valence-corrected chi connectivity index (χ4v) is 4.16. The van der Waals surface area contributed by atoms with Crippen LogP contribution in [0.5, 0.6) is 0 Å². The maximum atomic E-state index is 11.9. The van der Waals surface area contributed by atoms with Gasteiger partial charge in [0.2, 0.25) is 10.0 Å². The lowest BCUT2D eigenvalue weighted by molar-refractivity contribution is 0.0490. The van der Waals surface area contributed by atoms with E-state index in [0.717, 1.165) is 31.9 Å². The van der Waals surface area contributed by atoms with Gasteiger partial charge >= 0.3 is 6.09 Å². The zero-order valence-electron chi connectivity index (χ0n) is 18.2. The molecule has 9 nitrogen and oxygen atoms in total. The largest absolute Gasteiger partial charge is 0.444 e. The molecular weight excluding hydrogens is 382 g/mol. The van der Waals surface area contributed by atoms with Crippen LogP contribution in [0.2, 0.25) is 0 Å². The molecule has 10 heteroatoms. The normalized spacial score (nSPS) is 21.8. The minimum atomic E-state index is -3.29. The van der Waals surface area contributed by atoms with Crippen molar-refractivity contribution in [1.29, 1.82) is 0 Å². The summed E-state index contributed by atoms with van der Waals surface area (Å²) in [6.07, 6.45) is 4.27. The minimum absolute atomic E-state index is 0.112. The van der Waals surface area contributed by atoms with E-state index in [1.165, 1.54) is 0 Å². The Kier molecular flexibility index (Phi) is 8.55. The van der Waals surface area contributed by atoms with Crippen molar-refractivity contribution in [3.63, 3.8) is 0 Å². The molecule has 0 radical (unpaired) electrons. The zero-order valence-corrected chi connectivity index (χ0v) is 19.0. The highest BCUT2D eigenvalue weighted by Gasteiger charge is 2.26. The number of guanidine groups is 1. The summed E-state index contributed by atoms with van der Waals surface area (Å²) in [5.74, 6) is 0.631. The lowest BCUT2D eigenvalue weighted by atomic mass is 9.91. The van der Waals surface area contributed by atoms with Crippen molar-refractivity contribution in [2.45, 2.75) is 83.5 Å². The summed E-state index contributed by atoms with van der Waals surface area (Å²) in [4.78, 5) is 16.1. The smallest absolute Gasteiger partial charge is 0.407 e. The van der Waals surface area contributed by atoms with E-state index >= 15 is 0 Å². The monoisotopic (exact) mass is 419 g/mol. The van der Waals surface area contributed by atoms with Crippen LogP contribution in [0, 0.1) is 0 Å². The van der Waals surface area contributed by atoms with Gasteiger partial charge in [-0.25, -0.2) is 17.9 Å². The van der Waals surface area contributed by atoms with Gasteiger partial charge in [-0.05, 0) is 60.3 Å². The van der Waals surface area contributed by atoms with Gasteiger partial charge in [0.25, 0.3) is 0 Å². The first-order valence-electron chi connectivity index (χ1n) is 9.65. The lowest BCUT2D eigenvalue weighted by Crippen LogP contribution is -2.54. The molecule has 0 aliphatic heterocycles. The quantitative estimate of drug-likeness (QED) is 0.381. The molecule has 1 aliphatic rings. The van der Waals surface area contributed by atoms with Crippen molar-refractivity contribution >= 4 is 22.1 Å². The van der Waals surface area contributed by atoms with Gasteiger partial charge in [0.05, 0.1) is 6.26 Å². The maximum absolute atomic E-state index is 11.9. The van der Waals surface area contributed by atoms with Crippen LogP contribution in [0.1, 0.15) is 60.3 Å². The van der Waals surface area contributed by atoms with Crippen LogP contribution in [0.3, 0.4) is 0 Å². The van der Waals surface area contributed by atoms with Gasteiger partial charge in [-0.1, -0.05) is 0 Å². The molecule has 0 aromatic carbocycles. The highest BCUT2D eigenvalue weighted by molar-refractivity contribution is 7.88. The Hall–Kier alpha value is -1.55. The summed E-state index contributed by atoms with van der Waals surface area (Å²) in [7, 11) is -1.60. The van der Waals surface area contributed by atoms with Crippen LogP contribution in [-0.4, -0.2) is 63.5 Å². The van der Waals surface area contributed by atoms with Gasteiger partial charge in [-0.3, -0.25) is 4.99 Å². The van der Waals surface area contributed by atoms with Gasteiger partial charge in [0, 0.05) is 31.2 Å². The molecule has 0 aromatic heterocycles. The molecule has 0 aromatic rings. The molecule has 164 valence electrons. The second kappa shape index (κ2) is 9.78. The molecule has 4 N–H and O–H groups in total. The number of ether oxygens (including phenoxy) is 1. The summed E-state index contributed by atoms with van der Waals surface area (Å²) >= 11 is 0. The second-order valence-corrected chi connectivity index (χ2v) is 10.8. The predicted molar refractivity (Wildman–Crippen MR) is 112 cm³/mol. The number of carbonyl (C=O) groups excluding carboxylic acids is 1. The van der Waals surface area contributed by atoms with Crippen LogP contribution in [0.4, 0.5) is 4.79 Å². The molecule has 0 bridgehead atoms. The van der Waals surface area contributed by atoms with E-state index in [-0.39, 0.29) is 18.2 Å². The molecule has 0 saturated heterocycles. The minimum Gasteiger partial charge on any atom is -0.444 e. The Labute approximate surface area is 169 Å². The zero-order chi connectivity index (χ0) is 21.6. The molecule has 1 fully saturated rings. The molecule has 1 aliphatic carbocycles. The Morgan fingerprint density at radius 1 is 1.04 bits per heavy atom. The van der Waals surface area contributed by atoms with Crippen LogP contribution in [0.15, 0.2) is 4.99 Å². The van der Waals surface area contributed by atoms with Crippen LogP contribution in [-0.2, 0) is 14.8 Å². The van der Waals surface area contributed by atoms with Crippen molar-refractivity contribution < 1.29 is 17.9 Å². The molecule has 28 heavy (non-hydrogen) atoms. The summed E-state index contributed by atoms with van der Waals surface area (Å²) in [5, 5.41) is 9.47. The number of sulfonamides is 1. The van der Waals surface area contributed by atoms with Crippen molar-refractivity contribution in [1.82, 2.24) is 20.7 Å². The fraction of sp³-hybridized carbons (Fsp3) is 0.889. The molecule has 0 atom stereocenters. The van der Waals surface area contributed by atoms with Crippen LogP contribution < -0.4 is 20.7 Å². The van der Waals surface area contributed by atoms with Crippen molar-refractivity contribution in [3.8, 4) is 0 Å². The Balaban J connectivity index is 2.41. The number of hydrogen-bond acceptors (Lipinski definition) is 5. The molecule has 0 spiro atoms. The first-order chi connectivity index (χ1) is 12.7. The first-order valence-corrected chi connectivity index (χ1v) is 11.5. The predicted octanol–water partition coefficient (Wildman–Crippen LogP) is 1.32. The number of alkyl carbamates (subject to hydrolysis) is 1. The standard InChI is InChI=1S/C18H37N5O4S/c1-17(2,3)27-16(24)22-14-10-8-13(9-11-14)21-15(19-6)20-12-18(4,5)23-28(7,25)26/h13-14,23H,8-12H2,1-7H3,(H,22,24)(H2,19,20,21). The summed E-state index contributed by atoms with van der Waals surface area (Å²) in [5.41, 5.74) is -1.14. The van der Waals surface area contributed by atoms with E-state index in [4.69, 9.17) is 4.74 Å². The Morgan fingerprint density at radius 3 is 1.96 bits per heavy atom. The van der Waals surface area contributed by atoms with Gasteiger partial charge in [0.15, 0.2) is 5.96 Å². The number of rotatable bonds is 6. The number of aliphatic imine (C=N–C) groups is 1. The average Bonchev–Trinajstić information content (AvgIpc) is 2.48. The van der Waals surface area contributed by atoms with E-state index in [0.29, 0.717) is 12.5 Å². The molecule has 1 amide bonds. The van der Waals surface area contributed by atoms with Crippen LogP contribution in [0.25, 0.3) is 0 Å². The van der Waals surface area contributed by atoms with Crippen molar-refractivity contribution in [3.05, 3.63) is 0 Å². The Morgan fingerprint density at radius 2 is 1.54 bits per heavy atom. The second-order valence-electron chi connectivity index (χ2n) is 9.02. The third kappa shape index (κ3) is 10.7. The van der Waals surface area contributed by atoms with Gasteiger partial charge in [0.1, 0.15) is 5.60 Å². The molecular formula is C18H37N5O4S. The third-order valence-corrected chi connectivity index (χ3v) is 5.10. The topological polar surface area (TPSA) is 121 Å². The molecule has 0 unspecified atom stereocenters. The molecule has 1 rings (SSSR count). The average molecular weight is 420 g/mol. The van der Waals surface area contributed by atoms with Crippen LogP contribution >= 0.6 is 0 Å². The summed E-state index contributed by atoms with van der Waals surface area (Å²) in [6, 6.07) is 0.356. The van der Waals surface area contributed by atoms with E-state index in [1.54, 1.807) is 7.05 Å². The number of nitrogens with zero attached hydrogens (tertiary/aromatic N) is 1. The van der Waals surface area contributed by atoms with E-state index in [9.17, 15) is 13.2 Å². The third-order valence-electron chi connectivity index (χ3n) is 4.17. The van der Waals surface area contributed by atoms with E-state index < -0.39 is 21.2 Å². The molecule has 1 saturated carbocycles. The highest BCUT2D eigenvalue weighted by atomic mass is 32.2. The Bertz CT molecular complexity index is 647. The SMILES string of the molecule is CN=C(NCC(C)(C)NS(C)(=O)=O)NC1CCC(NC(=O)OC(C)(C)C)CC1.